The van der Waals surface area contributed by atoms with E-state index in [9.17, 15) is 9.59 Å². The van der Waals surface area contributed by atoms with Gasteiger partial charge in [-0.25, -0.2) is 0 Å². The van der Waals surface area contributed by atoms with Crippen molar-refractivity contribution in [3.8, 4) is 0 Å². The van der Waals surface area contributed by atoms with Crippen LogP contribution in [-0.4, -0.2) is 92.2 Å². The lowest BCUT2D eigenvalue weighted by Crippen LogP contribution is -2.54. The molecule has 0 saturated carbocycles. The molecular weight excluding hydrogens is 304 g/mol. The van der Waals surface area contributed by atoms with E-state index in [1.807, 2.05) is 0 Å². The second-order valence-corrected chi connectivity index (χ2v) is 6.35. The molecule has 0 spiro atoms. The number of carbonyl (C=O) groups excluding carboxylic acids is 2. The van der Waals surface area contributed by atoms with Gasteiger partial charge in [0.1, 0.15) is 0 Å². The lowest BCUT2D eigenvalue weighted by Gasteiger charge is -2.32. The molecule has 3 aliphatic rings. The van der Waals surface area contributed by atoms with Crippen LogP contribution >= 0.6 is 0 Å². The molecule has 3 fully saturated rings. The monoisotopic (exact) mass is 328 g/mol. The summed E-state index contributed by atoms with van der Waals surface area (Å²) in [7, 11) is 0. The van der Waals surface area contributed by atoms with Crippen LogP contribution in [0, 0.1) is 0 Å². The zero-order valence-electron chi connectivity index (χ0n) is 13.7. The Morgan fingerprint density at radius 2 is 1.13 bits per heavy atom. The molecule has 8 heteroatoms. The van der Waals surface area contributed by atoms with Gasteiger partial charge in [-0.3, -0.25) is 9.59 Å². The largest absolute Gasteiger partial charge is 0.378 e. The summed E-state index contributed by atoms with van der Waals surface area (Å²) in [5.41, 5.74) is 0. The Balaban J connectivity index is 1.73. The summed E-state index contributed by atoms with van der Waals surface area (Å²) in [6.07, 6.45) is -1.81. The minimum absolute atomic E-state index is 0.203. The predicted molar refractivity (Wildman–Crippen MR) is 78.6 cm³/mol. The van der Waals surface area contributed by atoms with Crippen molar-refractivity contribution in [2.75, 3.05) is 52.6 Å². The lowest BCUT2D eigenvalue weighted by molar-refractivity contribution is -0.167. The maximum absolute atomic E-state index is 12.8. The molecule has 0 aromatic carbocycles. The first kappa shape index (κ1) is 16.6. The van der Waals surface area contributed by atoms with Gasteiger partial charge in [-0.05, 0) is 13.8 Å². The van der Waals surface area contributed by atoms with Crippen molar-refractivity contribution in [1.29, 1.82) is 0 Å². The van der Waals surface area contributed by atoms with Gasteiger partial charge < -0.3 is 28.7 Å². The van der Waals surface area contributed by atoms with Gasteiger partial charge in [-0.1, -0.05) is 0 Å². The van der Waals surface area contributed by atoms with Crippen LogP contribution in [0.25, 0.3) is 0 Å². The summed E-state index contributed by atoms with van der Waals surface area (Å²) in [5.74, 6) is -1.37. The van der Waals surface area contributed by atoms with E-state index in [1.165, 1.54) is 0 Å². The molecule has 2 atom stereocenters. The molecular formula is C15H24N2O6. The Morgan fingerprint density at radius 1 is 0.783 bits per heavy atom. The van der Waals surface area contributed by atoms with Crippen molar-refractivity contribution < 1.29 is 28.5 Å². The maximum atomic E-state index is 12.8. The van der Waals surface area contributed by atoms with Crippen LogP contribution < -0.4 is 0 Å². The molecule has 0 aliphatic carbocycles. The zero-order valence-corrected chi connectivity index (χ0v) is 13.7. The molecule has 0 unspecified atom stereocenters. The van der Waals surface area contributed by atoms with E-state index < -0.39 is 18.0 Å². The number of carbonyl (C=O) groups is 2. The molecule has 3 saturated heterocycles. The fourth-order valence-electron chi connectivity index (χ4n) is 3.05. The number of nitrogens with zero attached hydrogens (tertiary/aromatic N) is 2. The van der Waals surface area contributed by atoms with Crippen molar-refractivity contribution in [3.05, 3.63) is 0 Å². The van der Waals surface area contributed by atoms with E-state index in [4.69, 9.17) is 18.9 Å². The topological polar surface area (TPSA) is 77.5 Å². The molecule has 0 aromatic rings. The second kappa shape index (κ2) is 6.72. The third kappa shape index (κ3) is 3.65. The standard InChI is InChI=1S/C15H24N2O6/c1-15(2)22-11(13(18)16-3-7-20-8-4-16)12(23-15)14(19)17-5-9-21-10-6-17/h11-12H,3-10H2,1-2H3/t11-,12-/m1/s1. The van der Waals surface area contributed by atoms with Crippen LogP contribution in [0.5, 0.6) is 0 Å². The Hall–Kier alpha value is -1.22. The Labute approximate surface area is 135 Å². The van der Waals surface area contributed by atoms with Gasteiger partial charge >= 0.3 is 0 Å². The fourth-order valence-corrected chi connectivity index (χ4v) is 3.05. The van der Waals surface area contributed by atoms with Gasteiger partial charge in [-0.2, -0.15) is 0 Å². The highest BCUT2D eigenvalue weighted by Gasteiger charge is 2.51. The molecule has 3 heterocycles. The summed E-state index contributed by atoms with van der Waals surface area (Å²) in [5, 5.41) is 0. The molecule has 0 radical (unpaired) electrons. The van der Waals surface area contributed by atoms with Crippen molar-refractivity contribution >= 4 is 11.8 Å². The van der Waals surface area contributed by atoms with Crippen LogP contribution in [-0.2, 0) is 28.5 Å². The van der Waals surface area contributed by atoms with Crippen molar-refractivity contribution in [1.82, 2.24) is 9.80 Å². The van der Waals surface area contributed by atoms with Gasteiger partial charge in [0.2, 0.25) is 0 Å². The van der Waals surface area contributed by atoms with E-state index >= 15 is 0 Å². The van der Waals surface area contributed by atoms with E-state index in [-0.39, 0.29) is 11.8 Å². The highest BCUT2D eigenvalue weighted by atomic mass is 16.8. The lowest BCUT2D eigenvalue weighted by atomic mass is 10.1. The van der Waals surface area contributed by atoms with Crippen LogP contribution in [0.2, 0.25) is 0 Å². The molecule has 0 bridgehead atoms. The highest BCUT2D eigenvalue weighted by Crippen LogP contribution is 2.30. The predicted octanol–water partition coefficient (Wildman–Crippen LogP) is -0.776. The number of rotatable bonds is 2. The average Bonchev–Trinajstić information content (AvgIpc) is 2.91. The summed E-state index contributed by atoms with van der Waals surface area (Å²) in [4.78, 5) is 28.9. The molecule has 8 nitrogen and oxygen atoms in total. The number of hydrogen-bond acceptors (Lipinski definition) is 6. The van der Waals surface area contributed by atoms with Crippen LogP contribution in [0.15, 0.2) is 0 Å². The van der Waals surface area contributed by atoms with E-state index in [0.29, 0.717) is 52.6 Å². The summed E-state index contributed by atoms with van der Waals surface area (Å²) in [6.45, 7) is 7.51. The minimum Gasteiger partial charge on any atom is -0.378 e. The first-order valence-electron chi connectivity index (χ1n) is 8.07. The van der Waals surface area contributed by atoms with Crippen LogP contribution in [0.4, 0.5) is 0 Å². The number of amides is 2. The molecule has 2 amide bonds. The van der Waals surface area contributed by atoms with Crippen LogP contribution in [0.3, 0.4) is 0 Å². The maximum Gasteiger partial charge on any atom is 0.255 e. The Bertz CT molecular complexity index is 417. The van der Waals surface area contributed by atoms with Gasteiger partial charge in [0.15, 0.2) is 18.0 Å². The van der Waals surface area contributed by atoms with E-state index in [0.717, 1.165) is 0 Å². The molecule has 3 rings (SSSR count). The van der Waals surface area contributed by atoms with Crippen molar-refractivity contribution in [3.63, 3.8) is 0 Å². The van der Waals surface area contributed by atoms with E-state index in [1.54, 1.807) is 23.6 Å². The summed E-state index contributed by atoms with van der Waals surface area (Å²) < 4.78 is 22.0. The number of ether oxygens (including phenoxy) is 4. The zero-order chi connectivity index (χ0) is 16.4. The molecule has 3 aliphatic heterocycles. The molecule has 0 N–H and O–H groups in total. The molecule has 23 heavy (non-hydrogen) atoms. The third-order valence-corrected chi connectivity index (χ3v) is 4.23. The second-order valence-electron chi connectivity index (χ2n) is 6.35. The van der Waals surface area contributed by atoms with Crippen molar-refractivity contribution in [2.45, 2.75) is 31.8 Å². The Kier molecular flexibility index (Phi) is 4.86. The Morgan fingerprint density at radius 3 is 1.48 bits per heavy atom. The summed E-state index contributed by atoms with van der Waals surface area (Å²) in [6, 6.07) is 0. The van der Waals surface area contributed by atoms with Gasteiger partial charge in [0.05, 0.1) is 26.4 Å². The minimum atomic E-state index is -0.959. The van der Waals surface area contributed by atoms with Crippen LogP contribution in [0.1, 0.15) is 13.8 Å². The van der Waals surface area contributed by atoms with Gasteiger partial charge in [-0.15, -0.1) is 0 Å². The number of hydrogen-bond donors (Lipinski definition) is 0. The molecule has 130 valence electrons. The molecule has 0 aromatic heterocycles. The smallest absolute Gasteiger partial charge is 0.255 e. The SMILES string of the molecule is CC1(C)O[C@@H](C(=O)N2CCOCC2)[C@H](C(=O)N2CCOCC2)O1. The quantitative estimate of drug-likeness (QED) is 0.662. The normalized spacial score (nSPS) is 31.2. The van der Waals surface area contributed by atoms with Crippen molar-refractivity contribution in [2.24, 2.45) is 0 Å². The van der Waals surface area contributed by atoms with Gasteiger partial charge in [0, 0.05) is 26.2 Å². The first-order chi connectivity index (χ1) is 11.0. The van der Waals surface area contributed by atoms with E-state index in [2.05, 4.69) is 0 Å². The third-order valence-electron chi connectivity index (χ3n) is 4.23. The fraction of sp³-hybridized carbons (Fsp3) is 0.867. The summed E-state index contributed by atoms with van der Waals surface area (Å²) >= 11 is 0. The average molecular weight is 328 g/mol. The number of morpholine rings is 2. The van der Waals surface area contributed by atoms with Gasteiger partial charge in [0.25, 0.3) is 11.8 Å². The first-order valence-corrected chi connectivity index (χ1v) is 8.07. The highest BCUT2D eigenvalue weighted by molar-refractivity contribution is 5.91.